The Hall–Kier alpha value is -1.36. The van der Waals surface area contributed by atoms with Gasteiger partial charge in [0.2, 0.25) is 0 Å². The van der Waals surface area contributed by atoms with E-state index in [1.165, 1.54) is 89.9 Å². The van der Waals surface area contributed by atoms with Crippen molar-refractivity contribution in [2.45, 2.75) is 103 Å². The smallest absolute Gasteiger partial charge is 0.141 e. The van der Waals surface area contributed by atoms with E-state index in [1.54, 1.807) is 12.1 Å². The van der Waals surface area contributed by atoms with Crippen LogP contribution in [-0.2, 0) is 0 Å². The van der Waals surface area contributed by atoms with Gasteiger partial charge in [-0.1, -0.05) is 57.9 Å². The minimum atomic E-state index is -0.339. The zero-order valence-corrected chi connectivity index (χ0v) is 18.9. The van der Waals surface area contributed by atoms with E-state index in [1.807, 2.05) is 12.1 Å². The summed E-state index contributed by atoms with van der Waals surface area (Å²) in [6.45, 7) is 2.30. The largest absolute Gasteiger partial charge is 0.206 e. The molecule has 0 saturated heterocycles. The molecule has 0 N–H and O–H groups in total. The highest BCUT2D eigenvalue weighted by molar-refractivity contribution is 5.35. The lowest BCUT2D eigenvalue weighted by atomic mass is 9.54. The fourth-order valence-electron chi connectivity index (χ4n) is 7.37. The van der Waals surface area contributed by atoms with Gasteiger partial charge in [-0.3, -0.25) is 0 Å². The molecule has 3 aliphatic carbocycles. The summed E-state index contributed by atoms with van der Waals surface area (Å²) in [5.41, 5.74) is 1.30. The van der Waals surface area contributed by atoms with Crippen LogP contribution in [0.3, 0.4) is 0 Å². The molecule has 1 aromatic carbocycles. The Morgan fingerprint density at radius 3 is 2.37 bits per heavy atom. The standard InChI is InChI=1S/C28H40FN/c1-2-3-4-5-6-7-20-8-14-26-23(16-20)10-11-24-17-21(13-15-27(24)26)22-9-12-25(19-30)28(29)18-22/h9,12,18,20-21,23-24,26-27H,2-8,10-11,13-17H2,1H3/t20-,21?,23+,24-,26+,27-/m1/s1. The number of hydrogen-bond donors (Lipinski definition) is 0. The number of unbranched alkanes of at least 4 members (excludes halogenated alkanes) is 4. The molecule has 1 aromatic rings. The lowest BCUT2D eigenvalue weighted by Crippen LogP contribution is -2.41. The van der Waals surface area contributed by atoms with Gasteiger partial charge in [-0.2, -0.15) is 5.26 Å². The van der Waals surface area contributed by atoms with Crippen molar-refractivity contribution < 1.29 is 4.39 Å². The number of benzene rings is 1. The van der Waals surface area contributed by atoms with Crippen LogP contribution in [0.4, 0.5) is 4.39 Å². The van der Waals surface area contributed by atoms with Gasteiger partial charge in [-0.15, -0.1) is 0 Å². The second-order valence-electron chi connectivity index (χ2n) is 10.7. The van der Waals surface area contributed by atoms with Crippen LogP contribution in [0.25, 0.3) is 0 Å². The number of fused-ring (bicyclic) bond motifs is 3. The predicted octanol–water partition coefficient (Wildman–Crippen LogP) is 8.38. The summed E-state index contributed by atoms with van der Waals surface area (Å²) < 4.78 is 14.1. The molecule has 1 unspecified atom stereocenters. The van der Waals surface area contributed by atoms with Crippen LogP contribution in [-0.4, -0.2) is 0 Å². The van der Waals surface area contributed by atoms with Crippen LogP contribution in [0, 0.1) is 46.7 Å². The van der Waals surface area contributed by atoms with Crippen molar-refractivity contribution in [3.63, 3.8) is 0 Å². The lowest BCUT2D eigenvalue weighted by Gasteiger charge is -2.51. The van der Waals surface area contributed by atoms with Crippen molar-refractivity contribution in [3.05, 3.63) is 35.1 Å². The maximum absolute atomic E-state index is 14.1. The van der Waals surface area contributed by atoms with E-state index in [0.717, 1.165) is 35.2 Å². The summed E-state index contributed by atoms with van der Waals surface area (Å²) in [5, 5.41) is 8.99. The predicted molar refractivity (Wildman–Crippen MR) is 122 cm³/mol. The van der Waals surface area contributed by atoms with Gasteiger partial charge < -0.3 is 0 Å². The van der Waals surface area contributed by atoms with Crippen LogP contribution in [0.5, 0.6) is 0 Å². The molecule has 1 nitrogen and oxygen atoms in total. The van der Waals surface area contributed by atoms with Crippen molar-refractivity contribution >= 4 is 0 Å². The molecule has 3 saturated carbocycles. The van der Waals surface area contributed by atoms with Crippen LogP contribution in [0.1, 0.15) is 114 Å². The zero-order chi connectivity index (χ0) is 20.9. The summed E-state index contributed by atoms with van der Waals surface area (Å²) in [4.78, 5) is 0. The fraction of sp³-hybridized carbons (Fsp3) is 0.750. The number of nitriles is 1. The van der Waals surface area contributed by atoms with E-state index in [-0.39, 0.29) is 11.4 Å². The third-order valence-electron chi connectivity index (χ3n) is 8.95. The summed E-state index contributed by atoms with van der Waals surface area (Å²) in [5.74, 6) is 4.88. The van der Waals surface area contributed by atoms with E-state index < -0.39 is 0 Å². The van der Waals surface area contributed by atoms with Gasteiger partial charge in [0.25, 0.3) is 0 Å². The Kier molecular flexibility index (Phi) is 7.50. The first-order chi connectivity index (χ1) is 14.7. The van der Waals surface area contributed by atoms with Crippen molar-refractivity contribution in [2.75, 3.05) is 0 Å². The molecular formula is C28H40FN. The average Bonchev–Trinajstić information content (AvgIpc) is 2.78. The normalized spacial score (nSPS) is 33.4. The number of hydrogen-bond acceptors (Lipinski definition) is 1. The second-order valence-corrected chi connectivity index (χ2v) is 10.7. The third-order valence-corrected chi connectivity index (χ3v) is 8.95. The molecule has 0 aromatic heterocycles. The monoisotopic (exact) mass is 409 g/mol. The molecule has 0 heterocycles. The molecule has 2 heteroatoms. The summed E-state index contributed by atoms with van der Waals surface area (Å²) in [6.07, 6.45) is 19.6. The molecule has 30 heavy (non-hydrogen) atoms. The SMILES string of the molecule is CCCCCCC[C@@H]1CC[C@H]2[C@@H](CC[C@@H]3CC(c4ccc(C#N)c(F)c4)CC[C@H]32)C1. The van der Waals surface area contributed by atoms with Gasteiger partial charge >= 0.3 is 0 Å². The van der Waals surface area contributed by atoms with Crippen LogP contribution in [0.2, 0.25) is 0 Å². The van der Waals surface area contributed by atoms with E-state index in [9.17, 15) is 4.39 Å². The van der Waals surface area contributed by atoms with Crippen molar-refractivity contribution in [1.82, 2.24) is 0 Å². The highest BCUT2D eigenvalue weighted by Crippen LogP contribution is 2.55. The molecule has 0 aliphatic heterocycles. The first kappa shape index (κ1) is 21.9. The Morgan fingerprint density at radius 1 is 0.900 bits per heavy atom. The molecule has 164 valence electrons. The summed E-state index contributed by atoms with van der Waals surface area (Å²) in [6, 6.07) is 7.27. The Labute approximate surface area is 183 Å². The van der Waals surface area contributed by atoms with Crippen molar-refractivity contribution in [2.24, 2.45) is 29.6 Å². The van der Waals surface area contributed by atoms with Crippen LogP contribution in [0.15, 0.2) is 18.2 Å². The molecule has 0 spiro atoms. The minimum Gasteiger partial charge on any atom is -0.206 e. The van der Waals surface area contributed by atoms with Crippen LogP contribution < -0.4 is 0 Å². The van der Waals surface area contributed by atoms with Crippen molar-refractivity contribution in [3.8, 4) is 6.07 Å². The van der Waals surface area contributed by atoms with Gasteiger partial charge in [0.05, 0.1) is 5.56 Å². The number of halogens is 1. The molecule has 3 aliphatic rings. The summed E-state index contributed by atoms with van der Waals surface area (Å²) >= 11 is 0. The van der Waals surface area contributed by atoms with E-state index in [4.69, 9.17) is 5.26 Å². The van der Waals surface area contributed by atoms with Gasteiger partial charge in [0.15, 0.2) is 0 Å². The highest BCUT2D eigenvalue weighted by atomic mass is 19.1. The second kappa shape index (κ2) is 10.3. The molecule has 4 rings (SSSR count). The van der Waals surface area contributed by atoms with E-state index in [0.29, 0.717) is 5.92 Å². The molecule has 3 fully saturated rings. The van der Waals surface area contributed by atoms with Crippen LogP contribution >= 0.6 is 0 Å². The van der Waals surface area contributed by atoms with Gasteiger partial charge in [-0.05, 0) is 98.1 Å². The summed E-state index contributed by atoms with van der Waals surface area (Å²) in [7, 11) is 0. The molecule has 0 radical (unpaired) electrons. The average molecular weight is 410 g/mol. The lowest BCUT2D eigenvalue weighted by molar-refractivity contribution is 0.00516. The maximum Gasteiger partial charge on any atom is 0.141 e. The van der Waals surface area contributed by atoms with E-state index >= 15 is 0 Å². The van der Waals surface area contributed by atoms with Gasteiger partial charge in [0.1, 0.15) is 11.9 Å². The number of nitrogens with zero attached hydrogens (tertiary/aromatic N) is 1. The Bertz CT molecular complexity index is 735. The first-order valence-electron chi connectivity index (χ1n) is 12.9. The third kappa shape index (κ3) is 4.92. The molecular weight excluding hydrogens is 369 g/mol. The zero-order valence-electron chi connectivity index (χ0n) is 18.9. The molecule has 0 bridgehead atoms. The molecule has 6 atom stereocenters. The Balaban J connectivity index is 1.29. The Morgan fingerprint density at radius 2 is 1.63 bits per heavy atom. The topological polar surface area (TPSA) is 23.8 Å². The number of rotatable bonds is 7. The molecule has 0 amide bonds. The fourth-order valence-corrected chi connectivity index (χ4v) is 7.37. The first-order valence-corrected chi connectivity index (χ1v) is 12.9. The maximum atomic E-state index is 14.1. The van der Waals surface area contributed by atoms with Gasteiger partial charge in [-0.25, -0.2) is 4.39 Å². The minimum absolute atomic E-state index is 0.176. The van der Waals surface area contributed by atoms with Gasteiger partial charge in [0, 0.05) is 0 Å². The quantitative estimate of drug-likeness (QED) is 0.415. The van der Waals surface area contributed by atoms with E-state index in [2.05, 4.69) is 6.92 Å². The highest BCUT2D eigenvalue weighted by Gasteiger charge is 2.44. The van der Waals surface area contributed by atoms with Crippen molar-refractivity contribution in [1.29, 1.82) is 5.26 Å².